The van der Waals surface area contributed by atoms with E-state index < -0.39 is 7.82 Å². The number of phosphoric acid groups is 1. The summed E-state index contributed by atoms with van der Waals surface area (Å²) < 4.78 is 42.7. The molecule has 0 saturated heterocycles. The Hall–Kier alpha value is -2.20. The van der Waals surface area contributed by atoms with Crippen molar-refractivity contribution in [1.82, 2.24) is 5.16 Å². The second kappa shape index (κ2) is 10.4. The van der Waals surface area contributed by atoms with Gasteiger partial charge in [0.15, 0.2) is 28.8 Å². The van der Waals surface area contributed by atoms with E-state index >= 15 is 0 Å². The van der Waals surface area contributed by atoms with Gasteiger partial charge in [0.1, 0.15) is 0 Å². The van der Waals surface area contributed by atoms with Crippen molar-refractivity contribution < 1.29 is 42.3 Å². The molecule has 0 saturated carbocycles. The zero-order chi connectivity index (χ0) is 21.9. The molecule has 1 aromatic heterocycles. The van der Waals surface area contributed by atoms with Crippen LogP contribution in [-0.2, 0) is 4.57 Å². The maximum atomic E-state index is 11.3. The van der Waals surface area contributed by atoms with Crippen molar-refractivity contribution >= 4 is 37.4 Å². The Bertz CT molecular complexity index is 1070. The Morgan fingerprint density at radius 2 is 1.42 bits per heavy atom. The molecule has 0 fully saturated rings. The number of benzene rings is 2. The van der Waals surface area contributed by atoms with Crippen LogP contribution >= 0.6 is 7.82 Å². The SMILES string of the molecule is COc1ccc(-c2cnoc2-c2cc(OC)c(OC)c(OC)c2)cc1OP(=O)(O)O.[NaH]. The van der Waals surface area contributed by atoms with Crippen LogP contribution in [0.4, 0.5) is 0 Å². The summed E-state index contributed by atoms with van der Waals surface area (Å²) in [5.74, 6) is 1.69. The molecule has 0 spiro atoms. The molecular formula is C19H21NNaO9P. The summed E-state index contributed by atoms with van der Waals surface area (Å²) in [5.41, 5.74) is 1.66. The van der Waals surface area contributed by atoms with Crippen LogP contribution in [-0.4, -0.2) is 72.9 Å². The molecule has 162 valence electrons. The molecule has 2 aromatic carbocycles. The molecule has 0 amide bonds. The Balaban J connectivity index is 0.00000341. The molecule has 3 aromatic rings. The molecule has 31 heavy (non-hydrogen) atoms. The summed E-state index contributed by atoms with van der Waals surface area (Å²) in [6.45, 7) is 0. The number of rotatable bonds is 8. The van der Waals surface area contributed by atoms with Crippen LogP contribution in [0.2, 0.25) is 0 Å². The fourth-order valence-electron chi connectivity index (χ4n) is 2.91. The third-order valence-electron chi connectivity index (χ3n) is 4.19. The van der Waals surface area contributed by atoms with E-state index in [9.17, 15) is 14.4 Å². The molecule has 3 rings (SSSR count). The molecule has 0 unspecified atom stereocenters. The molecule has 0 radical (unpaired) electrons. The van der Waals surface area contributed by atoms with Crippen LogP contribution in [0.15, 0.2) is 41.1 Å². The van der Waals surface area contributed by atoms with Crippen molar-refractivity contribution in [1.29, 1.82) is 0 Å². The first kappa shape index (κ1) is 25.1. The summed E-state index contributed by atoms with van der Waals surface area (Å²) in [6.07, 6.45) is 1.47. The average Bonchev–Trinajstić information content (AvgIpc) is 3.21. The Morgan fingerprint density at radius 3 is 1.94 bits per heavy atom. The van der Waals surface area contributed by atoms with Gasteiger partial charge in [-0.15, -0.1) is 0 Å². The first-order chi connectivity index (χ1) is 14.3. The van der Waals surface area contributed by atoms with Crippen molar-refractivity contribution in [2.24, 2.45) is 0 Å². The van der Waals surface area contributed by atoms with Gasteiger partial charge in [0.25, 0.3) is 0 Å². The van der Waals surface area contributed by atoms with Crippen molar-refractivity contribution in [3.05, 3.63) is 36.5 Å². The molecule has 0 aliphatic heterocycles. The van der Waals surface area contributed by atoms with E-state index in [1.807, 2.05) is 0 Å². The molecule has 0 atom stereocenters. The number of methoxy groups -OCH3 is 4. The molecular weight excluding hydrogens is 440 g/mol. The number of hydrogen-bond donors (Lipinski definition) is 2. The first-order valence-electron chi connectivity index (χ1n) is 8.50. The third kappa shape index (κ3) is 5.54. The first-order valence-corrected chi connectivity index (χ1v) is 10.0. The van der Waals surface area contributed by atoms with Gasteiger partial charge in [-0.1, -0.05) is 11.2 Å². The number of hydrogen-bond acceptors (Lipinski definition) is 8. The number of nitrogens with zero attached hydrogens (tertiary/aromatic N) is 1. The Kier molecular flexibility index (Phi) is 8.41. The van der Waals surface area contributed by atoms with Crippen molar-refractivity contribution in [2.45, 2.75) is 0 Å². The normalized spacial score (nSPS) is 10.8. The zero-order valence-corrected chi connectivity index (χ0v) is 17.5. The Morgan fingerprint density at radius 1 is 0.839 bits per heavy atom. The zero-order valence-electron chi connectivity index (χ0n) is 16.6. The second-order valence-corrected chi connectivity index (χ2v) is 7.09. The van der Waals surface area contributed by atoms with E-state index in [2.05, 4.69) is 5.16 Å². The minimum atomic E-state index is -4.79. The molecule has 0 aliphatic rings. The van der Waals surface area contributed by atoms with E-state index in [4.69, 9.17) is 28.0 Å². The molecule has 12 heteroatoms. The van der Waals surface area contributed by atoms with Gasteiger partial charge in [0, 0.05) is 11.1 Å². The monoisotopic (exact) mass is 461 g/mol. The van der Waals surface area contributed by atoms with Crippen LogP contribution in [0.1, 0.15) is 0 Å². The summed E-state index contributed by atoms with van der Waals surface area (Å²) in [6, 6.07) is 8.02. The average molecular weight is 461 g/mol. The van der Waals surface area contributed by atoms with Gasteiger partial charge in [0.05, 0.1) is 34.6 Å². The topological polar surface area (TPSA) is 130 Å². The van der Waals surface area contributed by atoms with Crippen molar-refractivity contribution in [2.75, 3.05) is 28.4 Å². The molecule has 1 heterocycles. The molecule has 10 nitrogen and oxygen atoms in total. The minimum absolute atomic E-state index is 0. The fourth-order valence-corrected chi connectivity index (χ4v) is 3.31. The van der Waals surface area contributed by atoms with E-state index in [1.54, 1.807) is 18.2 Å². The van der Waals surface area contributed by atoms with Gasteiger partial charge in [-0.2, -0.15) is 0 Å². The predicted molar refractivity (Wildman–Crippen MR) is 113 cm³/mol. The van der Waals surface area contributed by atoms with Crippen LogP contribution in [0.3, 0.4) is 0 Å². The van der Waals surface area contributed by atoms with Gasteiger partial charge in [0.2, 0.25) is 5.75 Å². The fraction of sp³-hybridized carbons (Fsp3) is 0.211. The quantitative estimate of drug-likeness (QED) is 0.382. The summed E-state index contributed by atoms with van der Waals surface area (Å²) >= 11 is 0. The summed E-state index contributed by atoms with van der Waals surface area (Å²) in [7, 11) is 1.07. The van der Waals surface area contributed by atoms with Crippen LogP contribution < -0.4 is 23.5 Å². The van der Waals surface area contributed by atoms with Crippen molar-refractivity contribution in [3.8, 4) is 51.2 Å². The van der Waals surface area contributed by atoms with Crippen LogP contribution in [0, 0.1) is 0 Å². The number of aromatic nitrogens is 1. The van der Waals surface area contributed by atoms with Gasteiger partial charge >= 0.3 is 37.4 Å². The van der Waals surface area contributed by atoms with Gasteiger partial charge in [-0.05, 0) is 29.8 Å². The van der Waals surface area contributed by atoms with Gasteiger partial charge < -0.3 is 28.0 Å². The van der Waals surface area contributed by atoms with E-state index in [0.717, 1.165) is 0 Å². The van der Waals surface area contributed by atoms with E-state index in [-0.39, 0.29) is 41.1 Å². The molecule has 2 N–H and O–H groups in total. The second-order valence-electron chi connectivity index (χ2n) is 5.93. The number of ether oxygens (including phenoxy) is 4. The Labute approximate surface area is 200 Å². The standard InChI is InChI=1S/C19H20NO9P.Na.H/c1-24-14-6-5-11(7-15(14)29-30(21,22)23)13-10-20-28-18(13)12-8-16(25-2)19(27-4)17(9-12)26-3;;/h5-10H,1-4H3,(H2,21,22,23);;. The molecule has 0 aliphatic carbocycles. The summed E-state index contributed by atoms with van der Waals surface area (Å²) in [5, 5.41) is 3.86. The van der Waals surface area contributed by atoms with E-state index in [1.165, 1.54) is 46.8 Å². The van der Waals surface area contributed by atoms with Crippen LogP contribution in [0.5, 0.6) is 28.7 Å². The van der Waals surface area contributed by atoms with Gasteiger partial charge in [-0.3, -0.25) is 9.79 Å². The summed E-state index contributed by atoms with van der Waals surface area (Å²) in [4.78, 5) is 18.3. The van der Waals surface area contributed by atoms with E-state index in [0.29, 0.717) is 39.7 Å². The predicted octanol–water partition coefficient (Wildman–Crippen LogP) is 2.87. The van der Waals surface area contributed by atoms with Gasteiger partial charge in [-0.25, -0.2) is 4.57 Å². The third-order valence-corrected chi connectivity index (χ3v) is 4.62. The number of phosphoric ester groups is 1. The van der Waals surface area contributed by atoms with Crippen molar-refractivity contribution in [3.63, 3.8) is 0 Å². The van der Waals surface area contributed by atoms with Crippen LogP contribution in [0.25, 0.3) is 22.5 Å². The maximum absolute atomic E-state index is 11.3. The molecule has 0 bridgehead atoms.